The predicted octanol–water partition coefficient (Wildman–Crippen LogP) is 4.16. The zero-order chi connectivity index (χ0) is 18.9. The van der Waals surface area contributed by atoms with Crippen LogP contribution in [0.1, 0.15) is 6.92 Å². The Labute approximate surface area is 167 Å². The van der Waals surface area contributed by atoms with Crippen LogP contribution in [-0.2, 0) is 0 Å². The first-order valence-corrected chi connectivity index (χ1v) is 10.4. The SMILES string of the molecule is CCN1CCN(c2nc(-c3cccs3)nc3nc(-c4ccccc4)oc23)CC1. The van der Waals surface area contributed by atoms with Gasteiger partial charge in [0, 0.05) is 31.7 Å². The van der Waals surface area contributed by atoms with Gasteiger partial charge in [-0.25, -0.2) is 9.97 Å². The van der Waals surface area contributed by atoms with Crippen LogP contribution >= 0.6 is 11.3 Å². The zero-order valence-electron chi connectivity index (χ0n) is 15.7. The Hall–Kier alpha value is -2.77. The normalized spacial score (nSPS) is 15.4. The summed E-state index contributed by atoms with van der Waals surface area (Å²) in [7, 11) is 0. The standard InChI is InChI=1S/C21H21N5OS/c1-2-25-10-12-26(13-11-25)20-17-19(22-18(23-20)16-9-6-14-28-16)24-21(27-17)15-7-4-3-5-8-15/h3-9,14H,2,10-13H2,1H3. The molecule has 1 aromatic carbocycles. The van der Waals surface area contributed by atoms with Gasteiger partial charge in [0.1, 0.15) is 0 Å². The Bertz CT molecular complexity index is 1070. The lowest BCUT2D eigenvalue weighted by atomic mass is 10.2. The second kappa shape index (κ2) is 7.33. The number of rotatable bonds is 4. The van der Waals surface area contributed by atoms with Crippen molar-refractivity contribution < 1.29 is 4.42 Å². The predicted molar refractivity (Wildman–Crippen MR) is 113 cm³/mol. The maximum Gasteiger partial charge on any atom is 0.229 e. The molecule has 0 unspecified atom stereocenters. The summed E-state index contributed by atoms with van der Waals surface area (Å²) in [6, 6.07) is 14.0. The number of oxazole rings is 1. The summed E-state index contributed by atoms with van der Waals surface area (Å²) in [4.78, 5) is 20.1. The molecule has 4 aromatic rings. The lowest BCUT2D eigenvalue weighted by molar-refractivity contribution is 0.270. The van der Waals surface area contributed by atoms with Crippen LogP contribution in [0.2, 0.25) is 0 Å². The van der Waals surface area contributed by atoms with Crippen molar-refractivity contribution in [3.05, 3.63) is 47.8 Å². The van der Waals surface area contributed by atoms with Crippen LogP contribution in [-0.4, -0.2) is 52.6 Å². The van der Waals surface area contributed by atoms with Crippen molar-refractivity contribution in [1.29, 1.82) is 0 Å². The van der Waals surface area contributed by atoms with E-state index in [1.807, 2.05) is 47.8 Å². The van der Waals surface area contributed by atoms with Crippen LogP contribution in [0.25, 0.3) is 33.4 Å². The molecule has 4 heterocycles. The quantitative estimate of drug-likeness (QED) is 0.521. The summed E-state index contributed by atoms with van der Waals surface area (Å²) in [6.45, 7) is 7.17. The van der Waals surface area contributed by atoms with Crippen LogP contribution in [0, 0.1) is 0 Å². The van der Waals surface area contributed by atoms with Crippen molar-refractivity contribution in [3.63, 3.8) is 0 Å². The number of likely N-dealkylation sites (N-methyl/N-ethyl adjacent to an activating group) is 1. The number of fused-ring (bicyclic) bond motifs is 1. The van der Waals surface area contributed by atoms with Gasteiger partial charge in [-0.1, -0.05) is 31.2 Å². The summed E-state index contributed by atoms with van der Waals surface area (Å²) in [5, 5.41) is 2.04. The average Bonchev–Trinajstić information content (AvgIpc) is 3.44. The van der Waals surface area contributed by atoms with E-state index in [9.17, 15) is 0 Å². The summed E-state index contributed by atoms with van der Waals surface area (Å²) < 4.78 is 6.18. The maximum absolute atomic E-state index is 6.18. The molecule has 28 heavy (non-hydrogen) atoms. The molecule has 0 saturated carbocycles. The van der Waals surface area contributed by atoms with Crippen molar-refractivity contribution in [2.24, 2.45) is 0 Å². The fraction of sp³-hybridized carbons (Fsp3) is 0.286. The summed E-state index contributed by atoms with van der Waals surface area (Å²) in [5.41, 5.74) is 2.23. The molecule has 0 N–H and O–H groups in total. The van der Waals surface area contributed by atoms with Crippen molar-refractivity contribution >= 4 is 28.4 Å². The molecule has 0 bridgehead atoms. The fourth-order valence-electron chi connectivity index (χ4n) is 3.52. The van der Waals surface area contributed by atoms with E-state index in [0.717, 1.165) is 49.0 Å². The third kappa shape index (κ3) is 3.16. The first-order valence-electron chi connectivity index (χ1n) is 9.57. The Morgan fingerprint density at radius 1 is 0.964 bits per heavy atom. The number of hydrogen-bond acceptors (Lipinski definition) is 7. The van der Waals surface area contributed by atoms with Gasteiger partial charge in [-0.2, -0.15) is 4.98 Å². The van der Waals surface area contributed by atoms with Gasteiger partial charge in [-0.15, -0.1) is 11.3 Å². The number of piperazine rings is 1. The number of nitrogens with zero attached hydrogens (tertiary/aromatic N) is 5. The largest absolute Gasteiger partial charge is 0.430 e. The summed E-state index contributed by atoms with van der Waals surface area (Å²) in [5.74, 6) is 2.14. The van der Waals surface area contributed by atoms with Gasteiger partial charge < -0.3 is 14.2 Å². The van der Waals surface area contributed by atoms with Crippen molar-refractivity contribution in [2.75, 3.05) is 37.6 Å². The molecule has 1 aliphatic rings. The van der Waals surface area contributed by atoms with Crippen molar-refractivity contribution in [3.8, 4) is 22.2 Å². The van der Waals surface area contributed by atoms with Crippen LogP contribution in [0.3, 0.4) is 0 Å². The molecule has 7 heteroatoms. The minimum Gasteiger partial charge on any atom is -0.430 e. The van der Waals surface area contributed by atoms with E-state index in [1.165, 1.54) is 0 Å². The molecule has 142 valence electrons. The van der Waals surface area contributed by atoms with E-state index >= 15 is 0 Å². The topological polar surface area (TPSA) is 58.3 Å². The monoisotopic (exact) mass is 391 g/mol. The van der Waals surface area contributed by atoms with E-state index in [2.05, 4.69) is 21.7 Å². The molecule has 6 nitrogen and oxygen atoms in total. The number of aromatic nitrogens is 3. The van der Waals surface area contributed by atoms with Gasteiger partial charge >= 0.3 is 0 Å². The van der Waals surface area contributed by atoms with E-state index < -0.39 is 0 Å². The molecule has 0 radical (unpaired) electrons. The average molecular weight is 392 g/mol. The Morgan fingerprint density at radius 3 is 2.50 bits per heavy atom. The van der Waals surface area contributed by atoms with Gasteiger partial charge in [0.2, 0.25) is 17.1 Å². The highest BCUT2D eigenvalue weighted by Gasteiger charge is 2.24. The third-order valence-corrected chi connectivity index (χ3v) is 5.98. The highest BCUT2D eigenvalue weighted by molar-refractivity contribution is 7.13. The molecule has 0 spiro atoms. The second-order valence-corrected chi connectivity index (χ2v) is 7.75. The summed E-state index contributed by atoms with van der Waals surface area (Å²) in [6.07, 6.45) is 0. The molecule has 1 saturated heterocycles. The Morgan fingerprint density at radius 2 is 1.79 bits per heavy atom. The van der Waals surface area contributed by atoms with E-state index in [-0.39, 0.29) is 0 Å². The van der Waals surface area contributed by atoms with E-state index in [0.29, 0.717) is 22.9 Å². The van der Waals surface area contributed by atoms with Crippen LogP contribution in [0.5, 0.6) is 0 Å². The smallest absolute Gasteiger partial charge is 0.229 e. The van der Waals surface area contributed by atoms with Gasteiger partial charge in [-0.3, -0.25) is 0 Å². The minimum absolute atomic E-state index is 0.585. The molecule has 1 aliphatic heterocycles. The molecule has 5 rings (SSSR count). The van der Waals surface area contributed by atoms with E-state index in [1.54, 1.807) is 11.3 Å². The van der Waals surface area contributed by atoms with Crippen molar-refractivity contribution in [1.82, 2.24) is 19.9 Å². The number of anilines is 1. The zero-order valence-corrected chi connectivity index (χ0v) is 16.5. The van der Waals surface area contributed by atoms with Crippen LogP contribution in [0.15, 0.2) is 52.3 Å². The minimum atomic E-state index is 0.585. The lowest BCUT2D eigenvalue weighted by Crippen LogP contribution is -2.46. The van der Waals surface area contributed by atoms with Gasteiger partial charge in [-0.05, 0) is 30.1 Å². The number of hydrogen-bond donors (Lipinski definition) is 0. The first kappa shape index (κ1) is 17.3. The van der Waals surface area contributed by atoms with Gasteiger partial charge in [0.15, 0.2) is 11.6 Å². The fourth-order valence-corrected chi connectivity index (χ4v) is 4.18. The Balaban J connectivity index is 1.62. The van der Waals surface area contributed by atoms with Crippen LogP contribution < -0.4 is 4.90 Å². The Kier molecular flexibility index (Phi) is 4.54. The maximum atomic E-state index is 6.18. The second-order valence-electron chi connectivity index (χ2n) is 6.81. The molecular weight excluding hydrogens is 370 g/mol. The molecule has 0 amide bonds. The van der Waals surface area contributed by atoms with Gasteiger partial charge in [0.25, 0.3) is 0 Å². The van der Waals surface area contributed by atoms with Crippen molar-refractivity contribution in [2.45, 2.75) is 6.92 Å². The molecule has 3 aromatic heterocycles. The van der Waals surface area contributed by atoms with E-state index in [4.69, 9.17) is 14.4 Å². The number of thiophene rings is 1. The number of benzene rings is 1. The first-order chi connectivity index (χ1) is 13.8. The molecular formula is C21H21N5OS. The lowest BCUT2D eigenvalue weighted by Gasteiger charge is -2.34. The third-order valence-electron chi connectivity index (χ3n) is 5.12. The molecule has 0 atom stereocenters. The summed E-state index contributed by atoms with van der Waals surface area (Å²) >= 11 is 1.64. The van der Waals surface area contributed by atoms with Gasteiger partial charge in [0.05, 0.1) is 4.88 Å². The highest BCUT2D eigenvalue weighted by atomic mass is 32.1. The molecule has 1 fully saturated rings. The molecule has 0 aliphatic carbocycles. The highest BCUT2D eigenvalue weighted by Crippen LogP contribution is 2.33. The van der Waals surface area contributed by atoms with Crippen LogP contribution in [0.4, 0.5) is 5.82 Å².